The van der Waals surface area contributed by atoms with Crippen LogP contribution in [0.2, 0.25) is 0 Å². The molecule has 0 aliphatic heterocycles. The first kappa shape index (κ1) is 17.7. The van der Waals surface area contributed by atoms with Crippen molar-refractivity contribution in [2.24, 2.45) is 7.05 Å². The molecule has 0 spiro atoms. The van der Waals surface area contributed by atoms with Crippen LogP contribution >= 0.6 is 0 Å². The van der Waals surface area contributed by atoms with Gasteiger partial charge in [0.2, 0.25) is 10.0 Å². The van der Waals surface area contributed by atoms with Gasteiger partial charge in [-0.1, -0.05) is 44.2 Å². The van der Waals surface area contributed by atoms with Gasteiger partial charge in [-0.25, -0.2) is 13.1 Å². The Morgan fingerprint density at radius 1 is 1.22 bits per heavy atom. The van der Waals surface area contributed by atoms with Crippen LogP contribution in [0.3, 0.4) is 0 Å². The molecule has 126 valence electrons. The van der Waals surface area contributed by atoms with Crippen LogP contribution in [0, 0.1) is 0 Å². The molecule has 0 aliphatic carbocycles. The molecule has 2 rings (SSSR count). The number of aromatic nitrogens is 2. The van der Waals surface area contributed by atoms with Gasteiger partial charge in [0, 0.05) is 25.8 Å². The fourth-order valence-corrected chi connectivity index (χ4v) is 3.63. The zero-order chi connectivity index (χ0) is 16.9. The Bertz CT molecular complexity index is 709. The predicted octanol–water partition coefficient (Wildman–Crippen LogP) is 1.78. The summed E-state index contributed by atoms with van der Waals surface area (Å²) < 4.78 is 29.0. The van der Waals surface area contributed by atoms with E-state index < -0.39 is 10.0 Å². The smallest absolute Gasteiger partial charge is 0.243 e. The number of sulfonamides is 1. The molecule has 1 aromatic carbocycles. The van der Waals surface area contributed by atoms with E-state index in [4.69, 9.17) is 0 Å². The largest absolute Gasteiger partial charge is 0.296 e. The molecule has 6 nitrogen and oxygen atoms in total. The highest BCUT2D eigenvalue weighted by Crippen LogP contribution is 2.20. The average Bonchev–Trinajstić information content (AvgIpc) is 2.99. The third-order valence-corrected chi connectivity index (χ3v) is 5.27. The molecule has 7 heteroatoms. The number of nitrogens with one attached hydrogen (secondary N) is 1. The molecule has 0 radical (unpaired) electrons. The van der Waals surface area contributed by atoms with Crippen LogP contribution in [0.25, 0.3) is 0 Å². The quantitative estimate of drug-likeness (QED) is 0.798. The zero-order valence-corrected chi connectivity index (χ0v) is 14.6. The molecule has 1 heterocycles. The first-order chi connectivity index (χ1) is 11.0. The van der Waals surface area contributed by atoms with Gasteiger partial charge in [0.05, 0.1) is 6.20 Å². The van der Waals surface area contributed by atoms with Gasteiger partial charge in [-0.3, -0.25) is 9.58 Å². The molecule has 1 atom stereocenters. The predicted molar refractivity (Wildman–Crippen MR) is 90.5 cm³/mol. The lowest BCUT2D eigenvalue weighted by atomic mass is 10.1. The van der Waals surface area contributed by atoms with Gasteiger partial charge in [0.1, 0.15) is 4.90 Å². The minimum atomic E-state index is -3.55. The molecule has 23 heavy (non-hydrogen) atoms. The zero-order valence-electron chi connectivity index (χ0n) is 13.8. The fourth-order valence-electron chi connectivity index (χ4n) is 2.61. The lowest BCUT2D eigenvalue weighted by molar-refractivity contribution is 0.220. The minimum Gasteiger partial charge on any atom is -0.296 e. The second-order valence-corrected chi connectivity index (χ2v) is 7.12. The van der Waals surface area contributed by atoms with E-state index in [9.17, 15) is 8.42 Å². The van der Waals surface area contributed by atoms with E-state index in [-0.39, 0.29) is 10.9 Å². The van der Waals surface area contributed by atoms with E-state index in [0.717, 1.165) is 18.7 Å². The SMILES string of the molecule is CCN(CC)C(CNS(=O)(=O)c1cnn(C)c1)c1ccccc1. The number of nitrogens with zero attached hydrogens (tertiary/aromatic N) is 3. The standard InChI is InChI=1S/C16H24N4O2S/c1-4-20(5-2)16(14-9-7-6-8-10-14)12-18-23(21,22)15-11-17-19(3)13-15/h6-11,13,16,18H,4-5,12H2,1-3H3. The minimum absolute atomic E-state index is 0.00218. The van der Waals surface area contributed by atoms with Crippen molar-refractivity contribution >= 4 is 10.0 Å². The van der Waals surface area contributed by atoms with Gasteiger partial charge in [-0.2, -0.15) is 5.10 Å². The number of aryl methyl sites for hydroxylation is 1. The van der Waals surface area contributed by atoms with Crippen LogP contribution in [0.1, 0.15) is 25.5 Å². The van der Waals surface area contributed by atoms with Crippen LogP contribution in [0.4, 0.5) is 0 Å². The number of likely N-dealkylation sites (N-methyl/N-ethyl adjacent to an activating group) is 1. The van der Waals surface area contributed by atoms with Gasteiger partial charge in [0.15, 0.2) is 0 Å². The lowest BCUT2D eigenvalue weighted by Gasteiger charge is -2.30. The van der Waals surface area contributed by atoms with Gasteiger partial charge >= 0.3 is 0 Å². The molecular formula is C16H24N4O2S. The Morgan fingerprint density at radius 2 is 1.87 bits per heavy atom. The highest BCUT2D eigenvalue weighted by Gasteiger charge is 2.22. The van der Waals surface area contributed by atoms with Crippen molar-refractivity contribution in [3.63, 3.8) is 0 Å². The van der Waals surface area contributed by atoms with Crippen molar-refractivity contribution in [2.45, 2.75) is 24.8 Å². The molecule has 0 saturated carbocycles. The number of hydrogen-bond donors (Lipinski definition) is 1. The molecule has 0 aliphatic rings. The summed E-state index contributed by atoms with van der Waals surface area (Å²) in [6.07, 6.45) is 2.86. The van der Waals surface area contributed by atoms with Gasteiger partial charge < -0.3 is 0 Å². The summed E-state index contributed by atoms with van der Waals surface area (Å²) in [5.41, 5.74) is 1.10. The van der Waals surface area contributed by atoms with E-state index in [1.807, 2.05) is 30.3 Å². The summed E-state index contributed by atoms with van der Waals surface area (Å²) in [7, 11) is -1.86. The third kappa shape index (κ3) is 4.40. The van der Waals surface area contributed by atoms with Crippen molar-refractivity contribution in [1.82, 2.24) is 19.4 Å². The molecule has 0 amide bonds. The van der Waals surface area contributed by atoms with Crippen molar-refractivity contribution in [1.29, 1.82) is 0 Å². The molecular weight excluding hydrogens is 312 g/mol. The van der Waals surface area contributed by atoms with Crippen LogP contribution in [-0.2, 0) is 17.1 Å². The van der Waals surface area contributed by atoms with E-state index in [2.05, 4.69) is 28.6 Å². The third-order valence-electron chi connectivity index (χ3n) is 3.90. The maximum Gasteiger partial charge on any atom is 0.243 e. The Labute approximate surface area is 138 Å². The summed E-state index contributed by atoms with van der Waals surface area (Å²) in [5, 5.41) is 3.92. The maximum atomic E-state index is 12.4. The molecule has 0 saturated heterocycles. The first-order valence-electron chi connectivity index (χ1n) is 7.75. The van der Waals surface area contributed by atoms with E-state index in [0.29, 0.717) is 6.54 Å². The summed E-state index contributed by atoms with van der Waals surface area (Å²) in [6.45, 7) is 6.18. The molecule has 1 N–H and O–H groups in total. The topological polar surface area (TPSA) is 67.2 Å². The summed E-state index contributed by atoms with van der Waals surface area (Å²) in [6, 6.07) is 9.96. The van der Waals surface area contributed by atoms with Gasteiger partial charge in [-0.15, -0.1) is 0 Å². The maximum absolute atomic E-state index is 12.4. The van der Waals surface area contributed by atoms with Gasteiger partial charge in [0.25, 0.3) is 0 Å². The highest BCUT2D eigenvalue weighted by atomic mass is 32.2. The average molecular weight is 336 g/mol. The van der Waals surface area contributed by atoms with Crippen molar-refractivity contribution < 1.29 is 8.42 Å². The van der Waals surface area contributed by atoms with Crippen LogP contribution in [0.5, 0.6) is 0 Å². The van der Waals surface area contributed by atoms with E-state index in [1.54, 1.807) is 7.05 Å². The van der Waals surface area contributed by atoms with Crippen LogP contribution < -0.4 is 4.72 Å². The first-order valence-corrected chi connectivity index (χ1v) is 9.23. The number of benzene rings is 1. The second-order valence-electron chi connectivity index (χ2n) is 5.35. The van der Waals surface area contributed by atoms with Crippen LogP contribution in [0.15, 0.2) is 47.6 Å². The Hall–Kier alpha value is -1.70. The molecule has 0 bridgehead atoms. The van der Waals surface area contributed by atoms with Crippen LogP contribution in [-0.4, -0.2) is 42.7 Å². The van der Waals surface area contributed by atoms with Crippen molar-refractivity contribution in [2.75, 3.05) is 19.6 Å². The fraction of sp³-hybridized carbons (Fsp3) is 0.438. The molecule has 0 fully saturated rings. The Balaban J connectivity index is 2.18. The molecule has 1 unspecified atom stereocenters. The van der Waals surface area contributed by atoms with Crippen molar-refractivity contribution in [3.8, 4) is 0 Å². The second kappa shape index (κ2) is 7.72. The van der Waals surface area contributed by atoms with E-state index in [1.165, 1.54) is 17.1 Å². The van der Waals surface area contributed by atoms with Gasteiger partial charge in [-0.05, 0) is 18.7 Å². The highest BCUT2D eigenvalue weighted by molar-refractivity contribution is 7.89. The molecule has 1 aromatic heterocycles. The monoisotopic (exact) mass is 336 g/mol. The Morgan fingerprint density at radius 3 is 2.39 bits per heavy atom. The normalized spacial score (nSPS) is 13.4. The summed E-state index contributed by atoms with van der Waals surface area (Å²) in [5.74, 6) is 0. The lowest BCUT2D eigenvalue weighted by Crippen LogP contribution is -2.38. The Kier molecular flexibility index (Phi) is 5.92. The van der Waals surface area contributed by atoms with Crippen molar-refractivity contribution in [3.05, 3.63) is 48.3 Å². The number of hydrogen-bond acceptors (Lipinski definition) is 4. The molecule has 2 aromatic rings. The van der Waals surface area contributed by atoms with E-state index >= 15 is 0 Å². The summed E-state index contributed by atoms with van der Waals surface area (Å²) >= 11 is 0. The summed E-state index contributed by atoms with van der Waals surface area (Å²) in [4.78, 5) is 2.42. The number of rotatable bonds is 8.